The Kier molecular flexibility index (Phi) is 6.23. The lowest BCUT2D eigenvalue weighted by atomic mass is 10.1. The maximum absolute atomic E-state index is 12.9. The van der Waals surface area contributed by atoms with Crippen LogP contribution in [0, 0.1) is 0 Å². The van der Waals surface area contributed by atoms with Gasteiger partial charge in [-0.3, -0.25) is 9.69 Å². The number of nitrogens with zero attached hydrogens (tertiary/aromatic N) is 5. The van der Waals surface area contributed by atoms with E-state index in [1.807, 2.05) is 43.4 Å². The molecule has 5 rings (SSSR count). The highest BCUT2D eigenvalue weighted by Gasteiger charge is 2.32. The molecule has 11 heteroatoms. The van der Waals surface area contributed by atoms with Crippen molar-refractivity contribution in [3.05, 3.63) is 48.8 Å². The highest BCUT2D eigenvalue weighted by Crippen LogP contribution is 2.31. The van der Waals surface area contributed by atoms with Crippen LogP contribution in [0.15, 0.2) is 48.8 Å². The zero-order valence-corrected chi connectivity index (χ0v) is 19.6. The van der Waals surface area contributed by atoms with Gasteiger partial charge in [0.1, 0.15) is 24.4 Å². The number of ether oxygens (including phenoxy) is 2. The fraction of sp³-hybridized carbons (Fsp3) is 0.333. The number of piperazine rings is 1. The van der Waals surface area contributed by atoms with Crippen molar-refractivity contribution in [1.82, 2.24) is 24.6 Å². The Balaban J connectivity index is 1.30. The number of amides is 3. The molecule has 3 heterocycles. The molecule has 2 aromatic carbocycles. The molecule has 0 unspecified atom stereocenters. The zero-order valence-electron chi connectivity index (χ0n) is 19.6. The number of aryl methyl sites for hydroxylation is 1. The molecular weight excluding hydrogens is 450 g/mol. The third kappa shape index (κ3) is 4.90. The van der Waals surface area contributed by atoms with Gasteiger partial charge in [0.2, 0.25) is 5.91 Å². The lowest BCUT2D eigenvalue weighted by molar-refractivity contribution is -0.118. The minimum atomic E-state index is -0.198. The van der Waals surface area contributed by atoms with Gasteiger partial charge in [0.15, 0.2) is 5.82 Å². The van der Waals surface area contributed by atoms with E-state index in [9.17, 15) is 9.59 Å². The molecule has 0 bridgehead atoms. The van der Waals surface area contributed by atoms with E-state index in [-0.39, 0.29) is 24.5 Å². The lowest BCUT2D eigenvalue weighted by Gasteiger charge is -2.40. The van der Waals surface area contributed by atoms with E-state index >= 15 is 0 Å². The van der Waals surface area contributed by atoms with Crippen LogP contribution in [0.5, 0.6) is 11.5 Å². The first kappa shape index (κ1) is 22.7. The lowest BCUT2D eigenvalue weighted by Crippen LogP contribution is -2.58. The van der Waals surface area contributed by atoms with Crippen molar-refractivity contribution in [2.75, 3.05) is 50.5 Å². The summed E-state index contributed by atoms with van der Waals surface area (Å²) in [6, 6.07) is 12.5. The quantitative estimate of drug-likeness (QED) is 0.593. The first-order valence-corrected chi connectivity index (χ1v) is 11.4. The molecule has 1 atom stereocenters. The largest absolute Gasteiger partial charge is 0.497 e. The Bertz CT molecular complexity index is 1240. The number of fused-ring (bicyclic) bond motifs is 2. The predicted molar refractivity (Wildman–Crippen MR) is 130 cm³/mol. The summed E-state index contributed by atoms with van der Waals surface area (Å²) in [4.78, 5) is 33.8. The van der Waals surface area contributed by atoms with Gasteiger partial charge in [-0.1, -0.05) is 6.07 Å². The molecule has 0 saturated carbocycles. The van der Waals surface area contributed by atoms with Gasteiger partial charge in [-0.15, -0.1) is 0 Å². The first-order valence-electron chi connectivity index (χ1n) is 11.4. The van der Waals surface area contributed by atoms with E-state index in [1.54, 1.807) is 22.8 Å². The van der Waals surface area contributed by atoms with Gasteiger partial charge in [0.05, 0.1) is 25.4 Å². The predicted octanol–water partition coefficient (Wildman–Crippen LogP) is 2.04. The van der Waals surface area contributed by atoms with E-state index in [0.29, 0.717) is 54.9 Å². The molecular formula is C24H27N7O4. The third-order valence-electron chi connectivity index (χ3n) is 6.21. The molecule has 1 saturated heterocycles. The van der Waals surface area contributed by atoms with Crippen molar-refractivity contribution in [1.29, 1.82) is 0 Å². The molecule has 11 nitrogen and oxygen atoms in total. The second-order valence-electron chi connectivity index (χ2n) is 8.51. The van der Waals surface area contributed by atoms with Crippen LogP contribution < -0.4 is 20.1 Å². The number of nitrogens with one attached hydrogen (secondary N) is 2. The first-order chi connectivity index (χ1) is 17.0. The normalized spacial score (nSPS) is 18.2. The highest BCUT2D eigenvalue weighted by atomic mass is 16.5. The van der Waals surface area contributed by atoms with Crippen LogP contribution in [0.3, 0.4) is 0 Å². The number of hydrogen-bond donors (Lipinski definition) is 2. The number of carbonyl (C=O) groups excluding carboxylic acids is 2. The number of methoxy groups -OCH3 is 1. The number of urea groups is 1. The number of rotatable bonds is 3. The van der Waals surface area contributed by atoms with Gasteiger partial charge in [-0.2, -0.15) is 5.10 Å². The van der Waals surface area contributed by atoms with Crippen LogP contribution >= 0.6 is 0 Å². The number of carbonyl (C=O) groups is 2. The van der Waals surface area contributed by atoms with Crippen LogP contribution in [-0.2, 0) is 11.8 Å². The van der Waals surface area contributed by atoms with Crippen LogP contribution in [0.25, 0.3) is 11.4 Å². The van der Waals surface area contributed by atoms with Crippen LogP contribution in [0.1, 0.15) is 0 Å². The fourth-order valence-electron chi connectivity index (χ4n) is 4.36. The second-order valence-corrected chi connectivity index (χ2v) is 8.51. The SMILES string of the molecule is COc1cccc(NC(=O)N2CCN3CC(=O)Nc4cc(-c5ncnn5C)ccc4OC[C@H]3C2)c1. The monoisotopic (exact) mass is 477 g/mol. The van der Waals surface area contributed by atoms with Crippen LogP contribution in [-0.4, -0.2) is 82.4 Å². The molecule has 3 amide bonds. The van der Waals surface area contributed by atoms with Crippen molar-refractivity contribution < 1.29 is 19.1 Å². The van der Waals surface area contributed by atoms with Gasteiger partial charge in [-0.25, -0.2) is 14.5 Å². The van der Waals surface area contributed by atoms with Crippen LogP contribution in [0.4, 0.5) is 16.2 Å². The van der Waals surface area contributed by atoms with Crippen molar-refractivity contribution >= 4 is 23.3 Å². The minimum absolute atomic E-state index is 0.130. The average Bonchev–Trinajstić information content (AvgIpc) is 3.31. The van der Waals surface area contributed by atoms with Gasteiger partial charge < -0.3 is 25.0 Å². The van der Waals surface area contributed by atoms with Crippen molar-refractivity contribution in [2.24, 2.45) is 7.05 Å². The van der Waals surface area contributed by atoms with Gasteiger partial charge in [0.25, 0.3) is 0 Å². The third-order valence-corrected chi connectivity index (χ3v) is 6.21. The van der Waals surface area contributed by atoms with E-state index in [4.69, 9.17) is 9.47 Å². The Morgan fingerprint density at radius 1 is 1.23 bits per heavy atom. The summed E-state index contributed by atoms with van der Waals surface area (Å²) in [6.45, 7) is 2.06. The summed E-state index contributed by atoms with van der Waals surface area (Å²) >= 11 is 0. The van der Waals surface area contributed by atoms with E-state index < -0.39 is 0 Å². The molecule has 2 aliphatic rings. The molecule has 1 aromatic heterocycles. The molecule has 2 N–H and O–H groups in total. The molecule has 0 aliphatic carbocycles. The number of anilines is 2. The molecule has 1 fully saturated rings. The van der Waals surface area contributed by atoms with Gasteiger partial charge in [-0.05, 0) is 30.3 Å². The number of aromatic nitrogens is 3. The Morgan fingerprint density at radius 3 is 2.91 bits per heavy atom. The smallest absolute Gasteiger partial charge is 0.321 e. The summed E-state index contributed by atoms with van der Waals surface area (Å²) < 4.78 is 13.0. The second kappa shape index (κ2) is 9.63. The maximum atomic E-state index is 12.9. The van der Waals surface area contributed by atoms with Gasteiger partial charge in [0, 0.05) is 44.0 Å². The average molecular weight is 478 g/mol. The number of benzene rings is 2. The maximum Gasteiger partial charge on any atom is 0.321 e. The summed E-state index contributed by atoms with van der Waals surface area (Å²) in [5, 5.41) is 10.0. The summed E-state index contributed by atoms with van der Waals surface area (Å²) in [6.07, 6.45) is 1.49. The molecule has 35 heavy (non-hydrogen) atoms. The summed E-state index contributed by atoms with van der Waals surface area (Å²) in [5.41, 5.74) is 2.07. The van der Waals surface area contributed by atoms with Crippen LogP contribution in [0.2, 0.25) is 0 Å². The molecule has 2 aliphatic heterocycles. The van der Waals surface area contributed by atoms with Gasteiger partial charge >= 0.3 is 6.03 Å². The number of hydrogen-bond acceptors (Lipinski definition) is 7. The fourth-order valence-corrected chi connectivity index (χ4v) is 4.36. The van der Waals surface area contributed by atoms with Crippen molar-refractivity contribution in [2.45, 2.75) is 6.04 Å². The van der Waals surface area contributed by atoms with E-state index in [0.717, 1.165) is 5.56 Å². The summed E-state index contributed by atoms with van der Waals surface area (Å²) in [7, 11) is 3.40. The van der Waals surface area contributed by atoms with E-state index in [2.05, 4.69) is 25.6 Å². The highest BCUT2D eigenvalue weighted by molar-refractivity contribution is 5.94. The Labute approximate surface area is 202 Å². The van der Waals surface area contributed by atoms with Crippen molar-refractivity contribution in [3.63, 3.8) is 0 Å². The standard InChI is InChI=1S/C24H27N7O4/c1-29-23(25-15-26-29)16-6-7-21-20(10-16)28-22(32)13-30-8-9-31(12-18(30)14-35-21)24(33)27-17-4-3-5-19(11-17)34-2/h3-7,10-11,15,18H,8-9,12-14H2,1-2H3,(H,27,33)(H,28,32)/t18-/m1/s1. The molecule has 0 radical (unpaired) electrons. The molecule has 0 spiro atoms. The molecule has 182 valence electrons. The molecule has 3 aromatic rings. The Morgan fingerprint density at radius 2 is 2.11 bits per heavy atom. The zero-order chi connectivity index (χ0) is 24.4. The van der Waals surface area contributed by atoms with Crippen molar-refractivity contribution in [3.8, 4) is 22.9 Å². The minimum Gasteiger partial charge on any atom is -0.497 e. The topological polar surface area (TPSA) is 114 Å². The summed E-state index contributed by atoms with van der Waals surface area (Å²) in [5.74, 6) is 1.80. The van der Waals surface area contributed by atoms with E-state index in [1.165, 1.54) is 6.33 Å². The Hall–Kier alpha value is -4.12.